The highest BCUT2D eigenvalue weighted by Crippen LogP contribution is 2.19. The Labute approximate surface area is 77.9 Å². The Morgan fingerprint density at radius 2 is 2.29 bits per heavy atom. The number of aromatic nitrogens is 5. The third-order valence-electron chi connectivity index (χ3n) is 2.00. The van der Waals surface area contributed by atoms with Crippen LogP contribution in [0.3, 0.4) is 0 Å². The molecule has 14 heavy (non-hydrogen) atoms. The van der Waals surface area contributed by atoms with Crippen LogP contribution >= 0.6 is 0 Å². The van der Waals surface area contributed by atoms with E-state index in [2.05, 4.69) is 30.4 Å². The van der Waals surface area contributed by atoms with Crippen LogP contribution in [0.1, 0.15) is 0 Å². The molecule has 0 saturated heterocycles. The van der Waals surface area contributed by atoms with Gasteiger partial charge in [-0.2, -0.15) is 5.10 Å². The molecule has 1 N–H and O–H groups in total. The lowest BCUT2D eigenvalue weighted by atomic mass is 10.1. The van der Waals surface area contributed by atoms with Gasteiger partial charge in [-0.15, -0.1) is 0 Å². The van der Waals surface area contributed by atoms with Crippen molar-refractivity contribution in [2.24, 2.45) is 0 Å². The number of benzene rings is 1. The Kier molecular flexibility index (Phi) is 1.35. The van der Waals surface area contributed by atoms with Gasteiger partial charge in [0.05, 0.1) is 17.0 Å². The second kappa shape index (κ2) is 2.63. The van der Waals surface area contributed by atoms with Crippen LogP contribution in [-0.2, 0) is 0 Å². The molecule has 6 nitrogen and oxygen atoms in total. The van der Waals surface area contributed by atoms with Crippen LogP contribution in [0.5, 0.6) is 0 Å². The van der Waals surface area contributed by atoms with Crippen LogP contribution in [-0.4, -0.2) is 25.7 Å². The van der Waals surface area contributed by atoms with Crippen molar-refractivity contribution >= 4 is 10.9 Å². The molecule has 0 bridgehead atoms. The number of nitrogens with zero attached hydrogens (tertiary/aromatic N) is 4. The second-order valence-corrected chi connectivity index (χ2v) is 2.85. The summed E-state index contributed by atoms with van der Waals surface area (Å²) < 4.78 is 4.43. The molecule has 0 aliphatic carbocycles. The number of hydrogen-bond donors (Lipinski definition) is 1. The van der Waals surface area contributed by atoms with Gasteiger partial charge in [-0.05, 0) is 11.2 Å². The van der Waals surface area contributed by atoms with Gasteiger partial charge >= 0.3 is 0 Å². The molecule has 1 aromatic carbocycles. The average molecular weight is 187 g/mol. The van der Waals surface area contributed by atoms with Gasteiger partial charge in [0, 0.05) is 10.9 Å². The number of H-pyrrole nitrogens is 1. The number of rotatable bonds is 1. The van der Waals surface area contributed by atoms with E-state index in [1.54, 1.807) is 6.20 Å². The first-order chi connectivity index (χ1) is 6.93. The monoisotopic (exact) mass is 187 g/mol. The molecule has 68 valence electrons. The second-order valence-electron chi connectivity index (χ2n) is 2.85. The van der Waals surface area contributed by atoms with Gasteiger partial charge in [0.1, 0.15) is 0 Å². The van der Waals surface area contributed by atoms with E-state index in [1.807, 2.05) is 18.2 Å². The molecular weight excluding hydrogens is 182 g/mol. The first-order valence-electron chi connectivity index (χ1n) is 4.02. The Bertz CT molecular complexity index is 556. The number of aromatic amines is 1. The van der Waals surface area contributed by atoms with E-state index in [0.29, 0.717) is 5.82 Å². The van der Waals surface area contributed by atoms with E-state index < -0.39 is 0 Å². The molecule has 0 fully saturated rings. The summed E-state index contributed by atoms with van der Waals surface area (Å²) in [6, 6.07) is 5.73. The highest BCUT2D eigenvalue weighted by Gasteiger charge is 2.05. The third-order valence-corrected chi connectivity index (χ3v) is 2.00. The van der Waals surface area contributed by atoms with Crippen molar-refractivity contribution in [2.75, 3.05) is 0 Å². The summed E-state index contributed by atoms with van der Waals surface area (Å²) in [6.07, 6.45) is 1.76. The minimum Gasteiger partial charge on any atom is -0.278 e. The number of hydrogen-bond acceptors (Lipinski definition) is 5. The van der Waals surface area contributed by atoms with Gasteiger partial charge in [-0.25, -0.2) is 4.63 Å². The van der Waals surface area contributed by atoms with Gasteiger partial charge in [0.25, 0.3) is 0 Å². The molecule has 3 rings (SSSR count). The molecule has 2 aromatic heterocycles. The highest BCUT2D eigenvalue weighted by molar-refractivity contribution is 5.82. The van der Waals surface area contributed by atoms with E-state index in [9.17, 15) is 0 Å². The fraction of sp³-hybridized carbons (Fsp3) is 0. The van der Waals surface area contributed by atoms with Crippen molar-refractivity contribution in [1.29, 1.82) is 0 Å². The summed E-state index contributed by atoms with van der Waals surface area (Å²) in [6.45, 7) is 0. The molecule has 0 amide bonds. The van der Waals surface area contributed by atoms with Crippen molar-refractivity contribution in [3.8, 4) is 11.4 Å². The highest BCUT2D eigenvalue weighted by atomic mass is 16.6. The van der Waals surface area contributed by atoms with E-state index >= 15 is 0 Å². The SMILES string of the molecule is c1cc2cn[nH]c2cc1-c1nnon1. The zero-order chi connectivity index (χ0) is 9.38. The van der Waals surface area contributed by atoms with Crippen LogP contribution in [0.15, 0.2) is 29.0 Å². The average Bonchev–Trinajstić information content (AvgIpc) is 2.88. The van der Waals surface area contributed by atoms with Crippen molar-refractivity contribution in [3.63, 3.8) is 0 Å². The summed E-state index contributed by atoms with van der Waals surface area (Å²) in [5, 5.41) is 18.5. The van der Waals surface area contributed by atoms with Crippen molar-refractivity contribution in [2.45, 2.75) is 0 Å². The molecule has 0 saturated carbocycles. The van der Waals surface area contributed by atoms with Crippen LogP contribution in [0, 0.1) is 0 Å². The van der Waals surface area contributed by atoms with Gasteiger partial charge in [-0.3, -0.25) is 5.10 Å². The Morgan fingerprint density at radius 1 is 1.29 bits per heavy atom. The fourth-order valence-corrected chi connectivity index (χ4v) is 1.32. The van der Waals surface area contributed by atoms with Crippen LogP contribution in [0.4, 0.5) is 0 Å². The Morgan fingerprint density at radius 3 is 3.14 bits per heavy atom. The fourth-order valence-electron chi connectivity index (χ4n) is 1.32. The van der Waals surface area contributed by atoms with Crippen molar-refractivity contribution < 1.29 is 4.63 Å². The quantitative estimate of drug-likeness (QED) is 0.614. The van der Waals surface area contributed by atoms with Crippen LogP contribution in [0.2, 0.25) is 0 Å². The first kappa shape index (κ1) is 7.19. The molecule has 6 heteroatoms. The molecule has 3 aromatic rings. The van der Waals surface area contributed by atoms with E-state index in [0.717, 1.165) is 16.5 Å². The zero-order valence-corrected chi connectivity index (χ0v) is 7.01. The molecule has 0 spiro atoms. The summed E-state index contributed by atoms with van der Waals surface area (Å²) in [5.41, 5.74) is 1.79. The molecule has 0 atom stereocenters. The zero-order valence-electron chi connectivity index (χ0n) is 7.01. The largest absolute Gasteiger partial charge is 0.278 e. The summed E-state index contributed by atoms with van der Waals surface area (Å²) in [4.78, 5) is 0. The molecule has 0 aliphatic heterocycles. The summed E-state index contributed by atoms with van der Waals surface area (Å²) >= 11 is 0. The van der Waals surface area contributed by atoms with Gasteiger partial charge in [0.15, 0.2) is 0 Å². The molecule has 2 heterocycles. The first-order valence-corrected chi connectivity index (χ1v) is 4.02. The number of fused-ring (bicyclic) bond motifs is 1. The maximum absolute atomic E-state index is 4.43. The minimum absolute atomic E-state index is 0.474. The van der Waals surface area contributed by atoms with E-state index in [1.165, 1.54) is 0 Å². The standard InChI is InChI=1S/C8H5N5O/c1-2-6-4-9-10-7(6)3-5(1)8-11-13-14-12-8/h1-4H,(H,9,10). The topological polar surface area (TPSA) is 80.5 Å². The Balaban J connectivity index is 2.23. The predicted molar refractivity (Wildman–Crippen MR) is 47.2 cm³/mol. The van der Waals surface area contributed by atoms with E-state index in [-0.39, 0.29) is 0 Å². The summed E-state index contributed by atoms with van der Waals surface area (Å²) in [7, 11) is 0. The van der Waals surface area contributed by atoms with Gasteiger partial charge in [0.2, 0.25) is 5.82 Å². The maximum atomic E-state index is 4.43. The lowest BCUT2D eigenvalue weighted by molar-refractivity contribution is 0.293. The Hall–Kier alpha value is -2.24. The smallest absolute Gasteiger partial charge is 0.226 e. The lowest BCUT2D eigenvalue weighted by Gasteiger charge is -1.92. The van der Waals surface area contributed by atoms with Crippen LogP contribution < -0.4 is 0 Å². The number of nitrogens with one attached hydrogen (secondary N) is 1. The van der Waals surface area contributed by atoms with Crippen molar-refractivity contribution in [3.05, 3.63) is 24.4 Å². The summed E-state index contributed by atoms with van der Waals surface area (Å²) in [5.74, 6) is 0.474. The maximum Gasteiger partial charge on any atom is 0.226 e. The normalized spacial score (nSPS) is 10.9. The molecular formula is C8H5N5O. The molecule has 0 radical (unpaired) electrons. The predicted octanol–water partition coefficient (Wildman–Crippen LogP) is 1.01. The van der Waals surface area contributed by atoms with Gasteiger partial charge < -0.3 is 0 Å². The van der Waals surface area contributed by atoms with Crippen LogP contribution in [0.25, 0.3) is 22.3 Å². The van der Waals surface area contributed by atoms with Crippen molar-refractivity contribution in [1.82, 2.24) is 25.7 Å². The lowest BCUT2D eigenvalue weighted by Crippen LogP contribution is -1.80. The third kappa shape index (κ3) is 0.972. The molecule has 0 aliphatic rings. The van der Waals surface area contributed by atoms with Gasteiger partial charge in [-0.1, -0.05) is 17.2 Å². The van der Waals surface area contributed by atoms with E-state index in [4.69, 9.17) is 0 Å². The molecule has 0 unspecified atom stereocenters. The minimum atomic E-state index is 0.474.